The van der Waals surface area contributed by atoms with Gasteiger partial charge >= 0.3 is 0 Å². The molecule has 3 aromatic heterocycles. The molecule has 144 valence electrons. The molecule has 0 amide bonds. The monoisotopic (exact) mass is 375 g/mol. The quantitative estimate of drug-likeness (QED) is 0.396. The highest BCUT2D eigenvalue weighted by Crippen LogP contribution is 2.34. The number of nitrogens with zero attached hydrogens (tertiary/aromatic N) is 5. The Bertz CT molecular complexity index is 884. The van der Waals surface area contributed by atoms with Gasteiger partial charge in [0, 0.05) is 25.4 Å². The minimum absolute atomic E-state index is 0.256. The fraction of sp³-hybridized carbons (Fsp3) is 0.500. The zero-order chi connectivity index (χ0) is 18.8. The lowest BCUT2D eigenvalue weighted by Gasteiger charge is -2.22. The van der Waals surface area contributed by atoms with Gasteiger partial charge in [-0.1, -0.05) is 0 Å². The maximum absolute atomic E-state index is 10.5. The van der Waals surface area contributed by atoms with Crippen molar-refractivity contribution in [2.45, 2.75) is 37.4 Å². The van der Waals surface area contributed by atoms with Gasteiger partial charge < -0.3 is 30.4 Å². The highest BCUT2D eigenvalue weighted by atomic mass is 16.6. The Labute approximate surface area is 154 Å². The Kier molecular flexibility index (Phi) is 4.99. The predicted octanol–water partition coefficient (Wildman–Crippen LogP) is -0.600. The number of fused-ring (bicyclic) bond motifs is 1. The summed E-state index contributed by atoms with van der Waals surface area (Å²) in [7, 11) is 0. The van der Waals surface area contributed by atoms with Crippen LogP contribution in [-0.4, -0.2) is 71.2 Å². The number of ether oxygens (including phenoxy) is 2. The molecular weight excluding hydrogens is 354 g/mol. The van der Waals surface area contributed by atoms with Crippen LogP contribution in [0.4, 0.5) is 5.82 Å². The van der Waals surface area contributed by atoms with E-state index in [2.05, 4.69) is 24.9 Å². The van der Waals surface area contributed by atoms with E-state index in [1.165, 1.54) is 12.7 Å². The van der Waals surface area contributed by atoms with Crippen LogP contribution in [0.5, 0.6) is 0 Å². The van der Waals surface area contributed by atoms with E-state index in [1.54, 1.807) is 17.0 Å². The normalized spacial score (nSPS) is 25.4. The summed E-state index contributed by atoms with van der Waals surface area (Å²) in [6.45, 7) is 0.0673. The third-order valence-corrected chi connectivity index (χ3v) is 4.58. The molecule has 11 heteroatoms. The summed E-state index contributed by atoms with van der Waals surface area (Å²) in [6.07, 6.45) is 4.63. The summed E-state index contributed by atoms with van der Waals surface area (Å²) in [5.74, 6) is 1.13. The molecule has 0 saturated carbocycles. The first-order valence-corrected chi connectivity index (χ1v) is 8.66. The van der Waals surface area contributed by atoms with Crippen LogP contribution in [-0.2, 0) is 15.9 Å². The molecule has 2 unspecified atom stereocenters. The number of aromatic amines is 1. The lowest BCUT2D eigenvalue weighted by molar-refractivity contribution is -0.0708. The molecule has 4 rings (SSSR count). The van der Waals surface area contributed by atoms with Crippen LogP contribution in [0.2, 0.25) is 0 Å². The number of aromatic nitrogens is 6. The third kappa shape index (κ3) is 3.37. The number of hydrogen-bond acceptors (Lipinski definition) is 9. The van der Waals surface area contributed by atoms with Crippen LogP contribution in [0.3, 0.4) is 0 Å². The average molecular weight is 375 g/mol. The molecule has 0 radical (unpaired) electrons. The molecule has 1 aliphatic heterocycles. The second-order valence-electron chi connectivity index (χ2n) is 6.30. The van der Waals surface area contributed by atoms with Gasteiger partial charge in [-0.3, -0.25) is 4.57 Å². The molecule has 1 saturated heterocycles. The first kappa shape index (κ1) is 17.8. The number of rotatable bonds is 7. The summed E-state index contributed by atoms with van der Waals surface area (Å²) < 4.78 is 13.4. The van der Waals surface area contributed by atoms with Crippen molar-refractivity contribution >= 4 is 17.0 Å². The Balaban J connectivity index is 1.51. The number of aryl methyl sites for hydroxylation is 1. The van der Waals surface area contributed by atoms with Crippen LogP contribution in [0.15, 0.2) is 25.0 Å². The first-order valence-electron chi connectivity index (χ1n) is 8.66. The van der Waals surface area contributed by atoms with Crippen molar-refractivity contribution in [3.63, 3.8) is 0 Å². The van der Waals surface area contributed by atoms with Crippen molar-refractivity contribution in [1.82, 2.24) is 29.5 Å². The van der Waals surface area contributed by atoms with Gasteiger partial charge in [-0.2, -0.15) is 0 Å². The van der Waals surface area contributed by atoms with Crippen LogP contribution in [0.1, 0.15) is 18.5 Å². The molecule has 3 aromatic rings. The molecule has 11 nitrogen and oxygen atoms in total. The van der Waals surface area contributed by atoms with E-state index < -0.39 is 24.5 Å². The predicted molar refractivity (Wildman–Crippen MR) is 93.4 cm³/mol. The Hall–Kier alpha value is -2.60. The van der Waals surface area contributed by atoms with Gasteiger partial charge in [-0.25, -0.2) is 19.9 Å². The van der Waals surface area contributed by atoms with Gasteiger partial charge in [0.2, 0.25) is 0 Å². The third-order valence-electron chi connectivity index (χ3n) is 4.58. The molecule has 4 heterocycles. The van der Waals surface area contributed by atoms with E-state index in [9.17, 15) is 10.2 Å². The number of imidazole rings is 2. The van der Waals surface area contributed by atoms with E-state index in [4.69, 9.17) is 15.2 Å². The van der Waals surface area contributed by atoms with Crippen LogP contribution >= 0.6 is 0 Å². The van der Waals surface area contributed by atoms with Crippen molar-refractivity contribution in [3.8, 4) is 0 Å². The minimum atomic E-state index is -0.986. The van der Waals surface area contributed by atoms with Gasteiger partial charge in [0.15, 0.2) is 17.7 Å². The van der Waals surface area contributed by atoms with Crippen LogP contribution in [0.25, 0.3) is 11.2 Å². The highest BCUT2D eigenvalue weighted by molar-refractivity contribution is 5.81. The maximum atomic E-state index is 10.5. The molecule has 0 bridgehead atoms. The number of anilines is 1. The zero-order valence-corrected chi connectivity index (χ0v) is 14.5. The average Bonchev–Trinajstić information content (AvgIpc) is 3.39. The zero-order valence-electron chi connectivity index (χ0n) is 14.5. The fourth-order valence-electron chi connectivity index (χ4n) is 3.22. The van der Waals surface area contributed by atoms with E-state index in [0.29, 0.717) is 24.2 Å². The molecule has 1 aliphatic rings. The lowest BCUT2D eigenvalue weighted by atomic mass is 10.1. The minimum Gasteiger partial charge on any atom is -0.394 e. The summed E-state index contributed by atoms with van der Waals surface area (Å²) in [6, 6.07) is 0. The number of aliphatic hydroxyl groups is 2. The largest absolute Gasteiger partial charge is 0.394 e. The number of nitrogens with one attached hydrogen (secondary N) is 1. The number of hydrogen-bond donors (Lipinski definition) is 4. The van der Waals surface area contributed by atoms with E-state index in [-0.39, 0.29) is 12.4 Å². The van der Waals surface area contributed by atoms with Gasteiger partial charge in [-0.05, 0) is 6.42 Å². The van der Waals surface area contributed by atoms with Gasteiger partial charge in [0.05, 0.1) is 12.9 Å². The maximum Gasteiger partial charge on any atom is 0.167 e. The Morgan fingerprint density at radius 1 is 1.30 bits per heavy atom. The van der Waals surface area contributed by atoms with Crippen molar-refractivity contribution in [3.05, 3.63) is 30.9 Å². The van der Waals surface area contributed by atoms with E-state index in [1.807, 2.05) is 0 Å². The Morgan fingerprint density at radius 2 is 2.19 bits per heavy atom. The summed E-state index contributed by atoms with van der Waals surface area (Å²) in [5, 5.41) is 20.0. The molecule has 27 heavy (non-hydrogen) atoms. The molecule has 0 spiro atoms. The van der Waals surface area contributed by atoms with Crippen molar-refractivity contribution in [2.24, 2.45) is 0 Å². The van der Waals surface area contributed by atoms with Crippen molar-refractivity contribution in [2.75, 3.05) is 18.9 Å². The Morgan fingerprint density at radius 3 is 2.96 bits per heavy atom. The van der Waals surface area contributed by atoms with E-state index >= 15 is 0 Å². The van der Waals surface area contributed by atoms with Crippen LogP contribution < -0.4 is 5.73 Å². The second kappa shape index (κ2) is 7.56. The number of aliphatic hydroxyl groups excluding tert-OH is 2. The van der Waals surface area contributed by atoms with Gasteiger partial charge in [0.1, 0.15) is 36.0 Å². The van der Waals surface area contributed by atoms with Crippen molar-refractivity contribution in [1.29, 1.82) is 0 Å². The van der Waals surface area contributed by atoms with E-state index in [0.717, 1.165) is 12.2 Å². The standard InChI is InChI=1S/C16H21N7O4/c17-14-11-15(21-7-20-14)23(8-22-11)16-13(12(25)9(6-24)27-16)26-5-1-2-10-18-3-4-19-10/h3-4,7-9,12-13,16,24-25H,1-2,5-6H2,(H,18,19)(H2,17,20,21)/t9-,12?,13?,16-/m1/s1. The van der Waals surface area contributed by atoms with Gasteiger partial charge in [-0.15, -0.1) is 0 Å². The highest BCUT2D eigenvalue weighted by Gasteiger charge is 2.45. The first-order chi connectivity index (χ1) is 13.2. The fourth-order valence-corrected chi connectivity index (χ4v) is 3.22. The number of H-pyrrole nitrogens is 1. The summed E-state index contributed by atoms with van der Waals surface area (Å²) in [4.78, 5) is 19.5. The molecule has 1 fully saturated rings. The SMILES string of the molecule is Nc1ncnc2c1ncn2[C@@H]1O[C@H](CO)C(O)C1OCCCc1ncc[nH]1. The number of nitrogen functional groups attached to an aromatic ring is 1. The topological polar surface area (TPSA) is 157 Å². The lowest BCUT2D eigenvalue weighted by Crippen LogP contribution is -2.35. The van der Waals surface area contributed by atoms with Gasteiger partial charge in [0.25, 0.3) is 0 Å². The number of nitrogens with two attached hydrogens (primary N) is 1. The second-order valence-corrected chi connectivity index (χ2v) is 6.30. The molecule has 4 atom stereocenters. The summed E-state index contributed by atoms with van der Waals surface area (Å²) >= 11 is 0. The molecular formula is C16H21N7O4. The smallest absolute Gasteiger partial charge is 0.167 e. The molecule has 5 N–H and O–H groups in total. The van der Waals surface area contributed by atoms with Crippen LogP contribution in [0, 0.1) is 0 Å². The van der Waals surface area contributed by atoms with Crippen molar-refractivity contribution < 1.29 is 19.7 Å². The molecule has 0 aliphatic carbocycles. The molecule has 0 aromatic carbocycles. The summed E-state index contributed by atoms with van der Waals surface area (Å²) in [5.41, 5.74) is 6.75.